The van der Waals surface area contributed by atoms with Crippen LogP contribution in [0.2, 0.25) is 0 Å². The molecule has 0 saturated carbocycles. The van der Waals surface area contributed by atoms with E-state index >= 15 is 0 Å². The highest BCUT2D eigenvalue weighted by Gasteiger charge is 2.14. The minimum atomic E-state index is 0.484. The Kier molecular flexibility index (Phi) is 5.50. The van der Waals surface area contributed by atoms with E-state index in [1.165, 1.54) is 0 Å². The number of hydrogen-bond acceptors (Lipinski definition) is 6. The van der Waals surface area contributed by atoms with Gasteiger partial charge in [-0.2, -0.15) is 4.98 Å². The molecule has 7 nitrogen and oxygen atoms in total. The molecule has 8 heteroatoms. The van der Waals surface area contributed by atoms with Crippen molar-refractivity contribution in [3.05, 3.63) is 41.9 Å². The van der Waals surface area contributed by atoms with Crippen molar-refractivity contribution < 1.29 is 4.74 Å². The summed E-state index contributed by atoms with van der Waals surface area (Å²) in [6.45, 7) is 5.65. The van der Waals surface area contributed by atoms with Gasteiger partial charge in [-0.1, -0.05) is 6.07 Å². The molecule has 2 N–H and O–H groups in total. The summed E-state index contributed by atoms with van der Waals surface area (Å²) in [5.74, 6) is 1.39. The summed E-state index contributed by atoms with van der Waals surface area (Å²) in [7, 11) is 0. The van der Waals surface area contributed by atoms with Crippen molar-refractivity contribution >= 4 is 29.1 Å². The highest BCUT2D eigenvalue weighted by Crippen LogP contribution is 2.16. The first kappa shape index (κ1) is 16.5. The molecule has 1 fully saturated rings. The van der Waals surface area contributed by atoms with Crippen molar-refractivity contribution in [3.63, 3.8) is 0 Å². The van der Waals surface area contributed by atoms with Crippen molar-refractivity contribution in [3.8, 4) is 0 Å². The Morgan fingerprint density at radius 1 is 1.33 bits per heavy atom. The van der Waals surface area contributed by atoms with Crippen molar-refractivity contribution in [2.75, 3.05) is 36.5 Å². The fourth-order valence-corrected chi connectivity index (χ4v) is 2.56. The highest BCUT2D eigenvalue weighted by molar-refractivity contribution is 7.80. The standard InChI is InChI=1S/C16H20N6OS/c1-12-9-14(22-5-7-23-8-6-22)20-15(19-12)21-16(24)18-11-13-3-2-4-17-10-13/h2-4,9-10H,5-8,11H2,1H3,(H2,18,19,20,21,24). The van der Waals surface area contributed by atoms with Gasteiger partial charge in [-0.15, -0.1) is 0 Å². The topological polar surface area (TPSA) is 75.2 Å². The lowest BCUT2D eigenvalue weighted by molar-refractivity contribution is 0.122. The second-order valence-corrected chi connectivity index (χ2v) is 5.87. The van der Waals surface area contributed by atoms with E-state index in [2.05, 4.69) is 30.5 Å². The molecule has 3 heterocycles. The first-order valence-electron chi connectivity index (χ1n) is 7.83. The second-order valence-electron chi connectivity index (χ2n) is 5.46. The number of ether oxygens (including phenoxy) is 1. The Bertz CT molecular complexity index is 690. The largest absolute Gasteiger partial charge is 0.378 e. The molecule has 1 aliphatic heterocycles. The number of nitrogens with one attached hydrogen (secondary N) is 2. The van der Waals surface area contributed by atoms with Gasteiger partial charge < -0.3 is 20.3 Å². The number of aromatic nitrogens is 3. The summed E-state index contributed by atoms with van der Waals surface area (Å²) in [6.07, 6.45) is 3.54. The maximum absolute atomic E-state index is 5.38. The van der Waals surface area contributed by atoms with E-state index in [9.17, 15) is 0 Å². The second kappa shape index (κ2) is 7.98. The van der Waals surface area contributed by atoms with Crippen molar-refractivity contribution in [1.29, 1.82) is 0 Å². The van der Waals surface area contributed by atoms with Crippen molar-refractivity contribution in [2.45, 2.75) is 13.5 Å². The lowest BCUT2D eigenvalue weighted by Gasteiger charge is -2.28. The molecule has 126 valence electrons. The fraction of sp³-hybridized carbons (Fsp3) is 0.375. The van der Waals surface area contributed by atoms with Gasteiger partial charge in [-0.05, 0) is 30.8 Å². The summed E-state index contributed by atoms with van der Waals surface area (Å²) in [5, 5.41) is 6.67. The van der Waals surface area contributed by atoms with E-state index in [-0.39, 0.29) is 0 Å². The molecule has 24 heavy (non-hydrogen) atoms. The van der Waals surface area contributed by atoms with Crippen LogP contribution in [0.15, 0.2) is 30.6 Å². The first-order valence-corrected chi connectivity index (χ1v) is 8.24. The van der Waals surface area contributed by atoms with Crippen molar-refractivity contribution in [1.82, 2.24) is 20.3 Å². The lowest BCUT2D eigenvalue weighted by atomic mass is 10.3. The molecule has 0 atom stereocenters. The Morgan fingerprint density at radius 2 is 2.17 bits per heavy atom. The van der Waals surface area contributed by atoms with Crippen LogP contribution in [0.25, 0.3) is 0 Å². The molecule has 0 radical (unpaired) electrons. The Balaban J connectivity index is 1.61. The summed E-state index contributed by atoms with van der Waals surface area (Å²) in [6, 6.07) is 5.86. The number of pyridine rings is 1. The van der Waals surface area contributed by atoms with Crippen LogP contribution in [0.3, 0.4) is 0 Å². The number of anilines is 2. The SMILES string of the molecule is Cc1cc(N2CCOCC2)nc(NC(=S)NCc2cccnc2)n1. The van der Waals surface area contributed by atoms with Gasteiger partial charge in [-0.25, -0.2) is 4.98 Å². The van der Waals surface area contributed by atoms with Crippen LogP contribution in [-0.4, -0.2) is 46.4 Å². The monoisotopic (exact) mass is 344 g/mol. The molecule has 0 amide bonds. The molecule has 0 aliphatic carbocycles. The van der Waals surface area contributed by atoms with E-state index in [0.717, 1.165) is 43.4 Å². The average Bonchev–Trinajstić information content (AvgIpc) is 2.61. The zero-order chi connectivity index (χ0) is 16.8. The average molecular weight is 344 g/mol. The van der Waals surface area contributed by atoms with Crippen LogP contribution in [0, 0.1) is 6.92 Å². The van der Waals surface area contributed by atoms with Gasteiger partial charge in [0.2, 0.25) is 5.95 Å². The van der Waals surface area contributed by atoms with Gasteiger partial charge in [0.15, 0.2) is 5.11 Å². The van der Waals surface area contributed by atoms with Gasteiger partial charge in [0.25, 0.3) is 0 Å². The predicted molar refractivity (Wildman–Crippen MR) is 97.1 cm³/mol. The van der Waals surface area contributed by atoms with E-state index in [1.54, 1.807) is 12.4 Å². The molecule has 2 aromatic rings. The number of rotatable bonds is 4. The van der Waals surface area contributed by atoms with Crippen LogP contribution in [0.5, 0.6) is 0 Å². The number of hydrogen-bond donors (Lipinski definition) is 2. The smallest absolute Gasteiger partial charge is 0.231 e. The molecule has 0 bridgehead atoms. The maximum Gasteiger partial charge on any atom is 0.231 e. The number of morpholine rings is 1. The number of aryl methyl sites for hydroxylation is 1. The lowest BCUT2D eigenvalue weighted by Crippen LogP contribution is -2.37. The van der Waals surface area contributed by atoms with Gasteiger partial charge in [0.05, 0.1) is 13.2 Å². The van der Waals surface area contributed by atoms with E-state index in [4.69, 9.17) is 17.0 Å². The molecule has 1 saturated heterocycles. The van der Waals surface area contributed by atoms with Crippen LogP contribution in [-0.2, 0) is 11.3 Å². The minimum Gasteiger partial charge on any atom is -0.378 e. The third kappa shape index (κ3) is 4.59. The van der Waals surface area contributed by atoms with E-state index < -0.39 is 0 Å². The van der Waals surface area contributed by atoms with Gasteiger partial charge >= 0.3 is 0 Å². The molecule has 0 spiro atoms. The Morgan fingerprint density at radius 3 is 2.92 bits per heavy atom. The Hall–Kier alpha value is -2.32. The first-order chi connectivity index (χ1) is 11.7. The normalized spacial score (nSPS) is 14.3. The molecule has 0 unspecified atom stereocenters. The number of nitrogens with zero attached hydrogens (tertiary/aromatic N) is 4. The maximum atomic E-state index is 5.38. The summed E-state index contributed by atoms with van der Waals surface area (Å²) >= 11 is 5.32. The third-order valence-electron chi connectivity index (χ3n) is 3.58. The van der Waals surface area contributed by atoms with E-state index in [0.29, 0.717) is 17.6 Å². The van der Waals surface area contributed by atoms with Gasteiger partial charge in [-0.3, -0.25) is 4.98 Å². The minimum absolute atomic E-state index is 0.484. The van der Waals surface area contributed by atoms with Crippen LogP contribution in [0.4, 0.5) is 11.8 Å². The predicted octanol–water partition coefficient (Wildman–Crippen LogP) is 1.50. The highest BCUT2D eigenvalue weighted by atomic mass is 32.1. The summed E-state index contributed by atoms with van der Waals surface area (Å²) in [5.41, 5.74) is 1.95. The molecule has 3 rings (SSSR count). The molecule has 1 aliphatic rings. The van der Waals surface area contributed by atoms with Crippen LogP contribution in [0.1, 0.15) is 11.3 Å². The van der Waals surface area contributed by atoms with Gasteiger partial charge in [0.1, 0.15) is 5.82 Å². The zero-order valence-corrected chi connectivity index (χ0v) is 14.3. The third-order valence-corrected chi connectivity index (χ3v) is 3.82. The van der Waals surface area contributed by atoms with Crippen LogP contribution < -0.4 is 15.5 Å². The quantitative estimate of drug-likeness (QED) is 0.809. The zero-order valence-electron chi connectivity index (χ0n) is 13.5. The van der Waals surface area contributed by atoms with Crippen LogP contribution >= 0.6 is 12.2 Å². The molecular formula is C16H20N6OS. The molecular weight excluding hydrogens is 324 g/mol. The number of thiocarbonyl (C=S) groups is 1. The molecule has 0 aromatic carbocycles. The summed E-state index contributed by atoms with van der Waals surface area (Å²) < 4.78 is 5.38. The summed E-state index contributed by atoms with van der Waals surface area (Å²) in [4.78, 5) is 15.2. The van der Waals surface area contributed by atoms with E-state index in [1.807, 2.05) is 25.1 Å². The molecule has 2 aromatic heterocycles. The van der Waals surface area contributed by atoms with Gasteiger partial charge in [0, 0.05) is 43.8 Å². The fourth-order valence-electron chi connectivity index (χ4n) is 2.39. The van der Waals surface area contributed by atoms with Crippen molar-refractivity contribution in [2.24, 2.45) is 0 Å². The Labute approximate surface area is 146 Å².